The Kier molecular flexibility index (Phi) is 5.32. The average molecular weight is 286 g/mol. The molecule has 4 heteroatoms. The van der Waals surface area contributed by atoms with Crippen molar-refractivity contribution in [2.45, 2.75) is 13.8 Å². The first-order valence-electron chi connectivity index (χ1n) is 6.91. The van der Waals surface area contributed by atoms with Crippen LogP contribution in [-0.2, 0) is 0 Å². The molecule has 0 unspecified atom stereocenters. The molecule has 110 valence electrons. The Hall–Kier alpha value is -2.36. The van der Waals surface area contributed by atoms with Gasteiger partial charge in [-0.25, -0.2) is 4.39 Å². The number of rotatable bonds is 6. The third kappa shape index (κ3) is 5.26. The SMILES string of the molecule is CC(C)COc1cccc(/C=N/Nc2ccc(F)cc2)c1. The van der Waals surface area contributed by atoms with Crippen molar-refractivity contribution in [3.05, 3.63) is 59.9 Å². The number of hydrogen-bond donors (Lipinski definition) is 1. The molecule has 0 fully saturated rings. The minimum atomic E-state index is -0.264. The van der Waals surface area contributed by atoms with E-state index in [1.165, 1.54) is 12.1 Å². The average Bonchev–Trinajstić information content (AvgIpc) is 2.48. The smallest absolute Gasteiger partial charge is 0.123 e. The van der Waals surface area contributed by atoms with Gasteiger partial charge < -0.3 is 4.74 Å². The van der Waals surface area contributed by atoms with Crippen molar-refractivity contribution in [3.8, 4) is 5.75 Å². The monoisotopic (exact) mass is 286 g/mol. The number of halogens is 1. The van der Waals surface area contributed by atoms with Crippen LogP contribution in [0.5, 0.6) is 5.75 Å². The molecular weight excluding hydrogens is 267 g/mol. The molecule has 0 aromatic heterocycles. The fourth-order valence-electron chi connectivity index (χ4n) is 1.65. The van der Waals surface area contributed by atoms with E-state index in [-0.39, 0.29) is 5.82 Å². The van der Waals surface area contributed by atoms with Crippen molar-refractivity contribution >= 4 is 11.9 Å². The van der Waals surface area contributed by atoms with E-state index in [9.17, 15) is 4.39 Å². The Labute approximate surface area is 124 Å². The Balaban J connectivity index is 1.94. The van der Waals surface area contributed by atoms with E-state index >= 15 is 0 Å². The normalized spacial score (nSPS) is 11.0. The maximum absolute atomic E-state index is 12.8. The second-order valence-electron chi connectivity index (χ2n) is 5.15. The largest absolute Gasteiger partial charge is 0.493 e. The van der Waals surface area contributed by atoms with Crippen LogP contribution in [0.3, 0.4) is 0 Å². The minimum Gasteiger partial charge on any atom is -0.493 e. The summed E-state index contributed by atoms with van der Waals surface area (Å²) in [5.41, 5.74) is 4.52. The molecule has 2 aromatic rings. The van der Waals surface area contributed by atoms with Crippen LogP contribution < -0.4 is 10.2 Å². The lowest BCUT2D eigenvalue weighted by atomic mass is 10.2. The summed E-state index contributed by atoms with van der Waals surface area (Å²) in [7, 11) is 0. The second-order valence-corrected chi connectivity index (χ2v) is 5.15. The lowest BCUT2D eigenvalue weighted by molar-refractivity contribution is 0.271. The Morgan fingerprint density at radius 2 is 1.95 bits per heavy atom. The molecule has 3 nitrogen and oxygen atoms in total. The molecule has 0 amide bonds. The van der Waals surface area contributed by atoms with E-state index < -0.39 is 0 Å². The highest BCUT2D eigenvalue weighted by molar-refractivity contribution is 5.80. The van der Waals surface area contributed by atoms with Crippen LogP contribution >= 0.6 is 0 Å². The summed E-state index contributed by atoms with van der Waals surface area (Å²) in [6, 6.07) is 13.8. The molecule has 1 N–H and O–H groups in total. The van der Waals surface area contributed by atoms with Gasteiger partial charge in [0.2, 0.25) is 0 Å². The first-order valence-corrected chi connectivity index (χ1v) is 6.91. The maximum atomic E-state index is 12.8. The van der Waals surface area contributed by atoms with E-state index in [4.69, 9.17) is 4.74 Å². The summed E-state index contributed by atoms with van der Waals surface area (Å²) in [6.07, 6.45) is 1.70. The molecule has 0 spiro atoms. The molecule has 0 saturated carbocycles. The van der Waals surface area contributed by atoms with Crippen LogP contribution in [-0.4, -0.2) is 12.8 Å². The molecule has 0 saturated heterocycles. The number of ether oxygens (including phenoxy) is 1. The molecule has 0 radical (unpaired) electrons. The number of benzene rings is 2. The molecule has 2 rings (SSSR count). The van der Waals surface area contributed by atoms with Crippen molar-refractivity contribution < 1.29 is 9.13 Å². The van der Waals surface area contributed by atoms with Gasteiger partial charge >= 0.3 is 0 Å². The molecular formula is C17H19FN2O. The van der Waals surface area contributed by atoms with Crippen molar-refractivity contribution in [3.63, 3.8) is 0 Å². The highest BCUT2D eigenvalue weighted by atomic mass is 19.1. The Morgan fingerprint density at radius 1 is 1.19 bits per heavy atom. The third-order valence-electron chi connectivity index (χ3n) is 2.69. The number of nitrogens with zero attached hydrogens (tertiary/aromatic N) is 1. The van der Waals surface area contributed by atoms with E-state index in [1.54, 1.807) is 18.3 Å². The summed E-state index contributed by atoms with van der Waals surface area (Å²) in [5.74, 6) is 1.05. The van der Waals surface area contributed by atoms with Gasteiger partial charge in [-0.05, 0) is 47.9 Å². The number of anilines is 1. The van der Waals surface area contributed by atoms with E-state index in [0.29, 0.717) is 12.5 Å². The number of nitrogens with one attached hydrogen (secondary N) is 1. The van der Waals surface area contributed by atoms with E-state index in [1.807, 2.05) is 24.3 Å². The van der Waals surface area contributed by atoms with Gasteiger partial charge in [0.1, 0.15) is 11.6 Å². The van der Waals surface area contributed by atoms with Crippen molar-refractivity contribution in [1.82, 2.24) is 0 Å². The van der Waals surface area contributed by atoms with Crippen LogP contribution in [0, 0.1) is 11.7 Å². The summed E-state index contributed by atoms with van der Waals surface area (Å²) in [6.45, 7) is 4.91. The summed E-state index contributed by atoms with van der Waals surface area (Å²) in [4.78, 5) is 0. The quantitative estimate of drug-likeness (QED) is 0.634. The van der Waals surface area contributed by atoms with Crippen molar-refractivity contribution in [2.75, 3.05) is 12.0 Å². The predicted octanol–water partition coefficient (Wildman–Crippen LogP) is 4.31. The topological polar surface area (TPSA) is 33.6 Å². The van der Waals surface area contributed by atoms with Gasteiger partial charge in [-0.2, -0.15) is 5.10 Å². The fourth-order valence-corrected chi connectivity index (χ4v) is 1.65. The van der Waals surface area contributed by atoms with Gasteiger partial charge in [-0.15, -0.1) is 0 Å². The van der Waals surface area contributed by atoms with Crippen LogP contribution in [0.1, 0.15) is 19.4 Å². The van der Waals surface area contributed by atoms with Gasteiger partial charge in [0, 0.05) is 0 Å². The molecule has 0 atom stereocenters. The first-order chi connectivity index (χ1) is 10.1. The highest BCUT2D eigenvalue weighted by Crippen LogP contribution is 2.13. The summed E-state index contributed by atoms with van der Waals surface area (Å²) in [5, 5.41) is 4.12. The van der Waals surface area contributed by atoms with Gasteiger partial charge in [0.05, 0.1) is 18.5 Å². The van der Waals surface area contributed by atoms with Gasteiger partial charge in [0.25, 0.3) is 0 Å². The maximum Gasteiger partial charge on any atom is 0.123 e. The lowest BCUT2D eigenvalue weighted by Crippen LogP contribution is -2.04. The number of hydrogen-bond acceptors (Lipinski definition) is 3. The fraction of sp³-hybridized carbons (Fsp3) is 0.235. The van der Waals surface area contributed by atoms with Crippen LogP contribution in [0.4, 0.5) is 10.1 Å². The molecule has 0 bridgehead atoms. The predicted molar refractivity (Wildman–Crippen MR) is 84.4 cm³/mol. The van der Waals surface area contributed by atoms with Crippen LogP contribution in [0.25, 0.3) is 0 Å². The van der Waals surface area contributed by atoms with Crippen LogP contribution in [0.2, 0.25) is 0 Å². The van der Waals surface area contributed by atoms with Gasteiger partial charge in [-0.3, -0.25) is 5.43 Å². The molecule has 2 aromatic carbocycles. The Morgan fingerprint density at radius 3 is 2.67 bits per heavy atom. The van der Waals surface area contributed by atoms with E-state index in [0.717, 1.165) is 17.0 Å². The molecule has 0 aliphatic heterocycles. The third-order valence-corrected chi connectivity index (χ3v) is 2.69. The van der Waals surface area contributed by atoms with Gasteiger partial charge in [0.15, 0.2) is 0 Å². The number of hydrazone groups is 1. The zero-order chi connectivity index (χ0) is 15.1. The minimum absolute atomic E-state index is 0.264. The van der Waals surface area contributed by atoms with Crippen molar-refractivity contribution in [2.24, 2.45) is 11.0 Å². The lowest BCUT2D eigenvalue weighted by Gasteiger charge is -2.08. The van der Waals surface area contributed by atoms with E-state index in [2.05, 4.69) is 24.4 Å². The van der Waals surface area contributed by atoms with Gasteiger partial charge in [-0.1, -0.05) is 26.0 Å². The highest BCUT2D eigenvalue weighted by Gasteiger charge is 1.98. The molecule has 0 aliphatic rings. The van der Waals surface area contributed by atoms with Crippen molar-refractivity contribution in [1.29, 1.82) is 0 Å². The Bertz CT molecular complexity index is 594. The molecule has 21 heavy (non-hydrogen) atoms. The zero-order valence-electron chi connectivity index (χ0n) is 12.2. The van der Waals surface area contributed by atoms with Crippen LogP contribution in [0.15, 0.2) is 53.6 Å². The zero-order valence-corrected chi connectivity index (χ0v) is 12.2. The summed E-state index contributed by atoms with van der Waals surface area (Å²) < 4.78 is 18.4. The summed E-state index contributed by atoms with van der Waals surface area (Å²) >= 11 is 0. The molecule has 0 heterocycles. The second kappa shape index (κ2) is 7.43. The standard InChI is InChI=1S/C17H19FN2O/c1-13(2)12-21-17-5-3-4-14(10-17)11-19-20-16-8-6-15(18)7-9-16/h3-11,13,20H,12H2,1-2H3/b19-11+. The molecule has 0 aliphatic carbocycles. The first kappa shape index (κ1) is 15.0.